The smallest absolute Gasteiger partial charge is 0.248 e. The summed E-state index contributed by atoms with van der Waals surface area (Å²) in [5.74, 6) is -0.305. The van der Waals surface area contributed by atoms with Crippen molar-refractivity contribution < 1.29 is 4.39 Å². The van der Waals surface area contributed by atoms with Gasteiger partial charge in [-0.05, 0) is 49.9 Å². The Morgan fingerprint density at radius 2 is 2.14 bits per heavy atom. The predicted molar refractivity (Wildman–Crippen MR) is 137 cm³/mol. The normalized spacial score (nSPS) is 18.3. The number of aromatic nitrogens is 3. The molecule has 1 unspecified atom stereocenters. The second-order valence-electron chi connectivity index (χ2n) is 8.89. The van der Waals surface area contributed by atoms with Crippen LogP contribution in [0.15, 0.2) is 58.7 Å². The highest BCUT2D eigenvalue weighted by molar-refractivity contribution is 6.33. The van der Waals surface area contributed by atoms with Crippen molar-refractivity contribution in [2.45, 2.75) is 38.3 Å². The number of hydrogen-bond donors (Lipinski definition) is 4. The average Bonchev–Trinajstić information content (AvgIpc) is 3.42. The minimum Gasteiger partial charge on any atom is -0.383 e. The molecule has 1 fully saturated rings. The first-order valence-electron chi connectivity index (χ1n) is 11.3. The number of nitrogens with zero attached hydrogens (tertiary/aromatic N) is 3. The summed E-state index contributed by atoms with van der Waals surface area (Å²) in [6.45, 7) is 1.89. The Labute approximate surface area is 205 Å². The molecule has 6 N–H and O–H groups in total. The lowest BCUT2D eigenvalue weighted by Crippen LogP contribution is -2.24. The van der Waals surface area contributed by atoms with Crippen LogP contribution >= 0.6 is 11.6 Å². The number of aromatic amines is 1. The molecular weight excluding hydrogens is 469 g/mol. The predicted octanol–water partition coefficient (Wildman–Crippen LogP) is 4.12. The number of anilines is 1. The monoisotopic (exact) mass is 493 g/mol. The molecular formula is C25H25ClFN7O. The standard InChI is InChI=1S/C25H25ClFN7O/c1-13-6-23(35)30-10-18(13)14-7-22-24(32-17-4-3-16(28)9-17)19(11-31-34(22)12-14)25(29)33-21-8-15(27)2-5-20(21)26/h2,5-8,10-12,16-17,32H,3-4,9,28H2,1H3,(H2,29,33)(H,30,35)/t16?,17-/m1/s1. The van der Waals surface area contributed by atoms with Gasteiger partial charge in [0.1, 0.15) is 11.7 Å². The topological polar surface area (TPSA) is 127 Å². The van der Waals surface area contributed by atoms with E-state index in [0.717, 1.165) is 47.2 Å². The van der Waals surface area contributed by atoms with Gasteiger partial charge in [-0.25, -0.2) is 13.9 Å². The van der Waals surface area contributed by atoms with Crippen LogP contribution in [0.1, 0.15) is 30.4 Å². The van der Waals surface area contributed by atoms with Gasteiger partial charge in [0, 0.05) is 47.7 Å². The molecule has 3 aromatic heterocycles. The van der Waals surface area contributed by atoms with Gasteiger partial charge in [-0.3, -0.25) is 4.79 Å². The highest BCUT2D eigenvalue weighted by Crippen LogP contribution is 2.33. The molecule has 1 aliphatic rings. The summed E-state index contributed by atoms with van der Waals surface area (Å²) in [4.78, 5) is 18.8. The van der Waals surface area contributed by atoms with Gasteiger partial charge in [-0.2, -0.15) is 5.10 Å². The van der Waals surface area contributed by atoms with Gasteiger partial charge in [0.25, 0.3) is 0 Å². The fourth-order valence-corrected chi connectivity index (χ4v) is 4.71. The van der Waals surface area contributed by atoms with E-state index < -0.39 is 5.82 Å². The van der Waals surface area contributed by atoms with Crippen molar-refractivity contribution in [3.05, 3.63) is 81.2 Å². The summed E-state index contributed by atoms with van der Waals surface area (Å²) >= 11 is 6.21. The van der Waals surface area contributed by atoms with E-state index in [1.54, 1.807) is 23.0 Å². The first kappa shape index (κ1) is 23.1. The number of amidine groups is 1. The number of nitrogens with two attached hydrogens (primary N) is 2. The van der Waals surface area contributed by atoms with Crippen LogP contribution in [0.5, 0.6) is 0 Å². The average molecular weight is 494 g/mol. The summed E-state index contributed by atoms with van der Waals surface area (Å²) in [6, 6.07) is 7.78. The van der Waals surface area contributed by atoms with Crippen molar-refractivity contribution in [1.82, 2.24) is 14.6 Å². The van der Waals surface area contributed by atoms with Crippen molar-refractivity contribution in [2.24, 2.45) is 16.5 Å². The Hall–Kier alpha value is -3.69. The van der Waals surface area contributed by atoms with Crippen LogP contribution in [-0.2, 0) is 0 Å². The number of halogens is 2. The minimum atomic E-state index is -0.458. The van der Waals surface area contributed by atoms with Crippen molar-refractivity contribution in [2.75, 3.05) is 5.32 Å². The van der Waals surface area contributed by atoms with Gasteiger partial charge in [0.05, 0.1) is 33.7 Å². The molecule has 0 aliphatic heterocycles. The molecule has 2 atom stereocenters. The van der Waals surface area contributed by atoms with E-state index >= 15 is 0 Å². The number of fused-ring (bicyclic) bond motifs is 1. The van der Waals surface area contributed by atoms with E-state index in [9.17, 15) is 9.18 Å². The molecule has 4 aromatic rings. The maximum atomic E-state index is 13.8. The second kappa shape index (κ2) is 9.16. The first-order chi connectivity index (χ1) is 16.8. The lowest BCUT2D eigenvalue weighted by atomic mass is 10.1. The number of nitrogens with one attached hydrogen (secondary N) is 2. The van der Waals surface area contributed by atoms with Gasteiger partial charge < -0.3 is 21.8 Å². The van der Waals surface area contributed by atoms with E-state index in [-0.39, 0.29) is 34.2 Å². The number of hydrogen-bond acceptors (Lipinski definition) is 5. The highest BCUT2D eigenvalue weighted by Gasteiger charge is 2.24. The Balaban J connectivity index is 1.65. The third-order valence-electron chi connectivity index (χ3n) is 6.33. The minimum absolute atomic E-state index is 0.136. The number of pyridine rings is 1. The molecule has 0 bridgehead atoms. The van der Waals surface area contributed by atoms with Gasteiger partial charge in [0.2, 0.25) is 5.56 Å². The molecule has 0 amide bonds. The Kier molecular flexibility index (Phi) is 6.04. The molecule has 0 saturated heterocycles. The summed E-state index contributed by atoms with van der Waals surface area (Å²) < 4.78 is 15.5. The lowest BCUT2D eigenvalue weighted by molar-refractivity contribution is 0.628. The zero-order valence-corrected chi connectivity index (χ0v) is 19.8. The summed E-state index contributed by atoms with van der Waals surface area (Å²) in [5.41, 5.74) is 17.4. The molecule has 35 heavy (non-hydrogen) atoms. The van der Waals surface area contributed by atoms with Crippen molar-refractivity contribution in [3.8, 4) is 11.1 Å². The summed E-state index contributed by atoms with van der Waals surface area (Å²) in [5, 5.41) is 8.43. The molecule has 1 aromatic carbocycles. The van der Waals surface area contributed by atoms with Crippen LogP contribution in [0.3, 0.4) is 0 Å². The largest absolute Gasteiger partial charge is 0.383 e. The number of aryl methyl sites for hydroxylation is 1. The van der Waals surface area contributed by atoms with Crippen LogP contribution in [-0.4, -0.2) is 32.5 Å². The second-order valence-corrected chi connectivity index (χ2v) is 9.30. The zero-order valence-electron chi connectivity index (χ0n) is 19.1. The van der Waals surface area contributed by atoms with Crippen LogP contribution in [0.2, 0.25) is 5.02 Å². The Morgan fingerprint density at radius 3 is 2.89 bits per heavy atom. The van der Waals surface area contributed by atoms with Crippen molar-refractivity contribution in [3.63, 3.8) is 0 Å². The molecule has 8 nitrogen and oxygen atoms in total. The third-order valence-corrected chi connectivity index (χ3v) is 6.65. The van der Waals surface area contributed by atoms with E-state index in [0.29, 0.717) is 5.56 Å². The quantitative estimate of drug-likeness (QED) is 0.246. The van der Waals surface area contributed by atoms with Gasteiger partial charge >= 0.3 is 0 Å². The number of rotatable bonds is 5. The molecule has 5 rings (SSSR count). The zero-order chi connectivity index (χ0) is 24.7. The summed E-state index contributed by atoms with van der Waals surface area (Å²) in [7, 11) is 0. The number of benzene rings is 1. The first-order valence-corrected chi connectivity index (χ1v) is 11.7. The Morgan fingerprint density at radius 1 is 1.31 bits per heavy atom. The maximum Gasteiger partial charge on any atom is 0.248 e. The highest BCUT2D eigenvalue weighted by atomic mass is 35.5. The van der Waals surface area contributed by atoms with E-state index in [1.807, 2.05) is 19.2 Å². The van der Waals surface area contributed by atoms with E-state index in [2.05, 4.69) is 20.4 Å². The molecule has 0 radical (unpaired) electrons. The van der Waals surface area contributed by atoms with Crippen LogP contribution in [0.25, 0.3) is 16.6 Å². The van der Waals surface area contributed by atoms with Gasteiger partial charge in [0.15, 0.2) is 0 Å². The number of aliphatic imine (C=N–C) groups is 1. The molecule has 180 valence electrons. The molecule has 10 heteroatoms. The van der Waals surface area contributed by atoms with E-state index in [4.69, 9.17) is 23.1 Å². The molecule has 3 heterocycles. The number of H-pyrrole nitrogens is 1. The Bertz CT molecular complexity index is 1510. The van der Waals surface area contributed by atoms with Crippen LogP contribution in [0, 0.1) is 12.7 Å². The van der Waals surface area contributed by atoms with Gasteiger partial charge in [-0.15, -0.1) is 0 Å². The molecule has 1 aliphatic carbocycles. The fraction of sp³-hybridized carbons (Fsp3) is 0.240. The van der Waals surface area contributed by atoms with Crippen LogP contribution < -0.4 is 22.3 Å². The summed E-state index contributed by atoms with van der Waals surface area (Å²) in [6.07, 6.45) is 7.89. The lowest BCUT2D eigenvalue weighted by Gasteiger charge is -2.18. The molecule has 0 spiro atoms. The van der Waals surface area contributed by atoms with Crippen LogP contribution in [0.4, 0.5) is 15.8 Å². The van der Waals surface area contributed by atoms with E-state index in [1.165, 1.54) is 18.2 Å². The third kappa shape index (κ3) is 4.65. The molecule has 1 saturated carbocycles. The maximum absolute atomic E-state index is 13.8. The van der Waals surface area contributed by atoms with Crippen molar-refractivity contribution in [1.29, 1.82) is 0 Å². The van der Waals surface area contributed by atoms with Crippen molar-refractivity contribution >= 4 is 34.3 Å². The van der Waals surface area contributed by atoms with Gasteiger partial charge in [-0.1, -0.05) is 11.6 Å². The fourth-order valence-electron chi connectivity index (χ4n) is 4.55. The SMILES string of the molecule is Cc1cc(=O)[nH]cc1-c1cc2c(N[C@@H]3CCC(N)C3)c(C(N)=Nc3cc(F)ccc3Cl)cnn2c1.